The highest BCUT2D eigenvalue weighted by molar-refractivity contribution is 9.10. The summed E-state index contributed by atoms with van der Waals surface area (Å²) in [5, 5.41) is 6.12. The molecule has 37 heavy (non-hydrogen) atoms. The predicted molar refractivity (Wildman–Crippen MR) is 140 cm³/mol. The van der Waals surface area contributed by atoms with Gasteiger partial charge >= 0.3 is 6.18 Å². The van der Waals surface area contributed by atoms with Crippen molar-refractivity contribution in [2.24, 2.45) is 5.10 Å². The minimum absolute atomic E-state index is 0.154. The third-order valence-corrected chi connectivity index (χ3v) is 6.13. The number of nitrogens with one attached hydrogen (secondary N) is 1. The summed E-state index contributed by atoms with van der Waals surface area (Å²) in [6.07, 6.45) is -3.18. The number of ether oxygens (including phenoxy) is 2. The second-order valence-corrected chi connectivity index (χ2v) is 8.81. The molecule has 4 rings (SSSR count). The van der Waals surface area contributed by atoms with Gasteiger partial charge < -0.3 is 9.47 Å². The summed E-state index contributed by atoms with van der Waals surface area (Å²) >= 11 is 3.48. The average Bonchev–Trinajstić information content (AvgIpc) is 2.89. The number of fused-ring (bicyclic) bond motifs is 1. The number of rotatable bonds is 8. The maximum Gasteiger partial charge on any atom is 0.416 e. The molecule has 4 aromatic rings. The molecule has 9 heteroatoms. The van der Waals surface area contributed by atoms with Crippen molar-refractivity contribution in [3.8, 4) is 11.5 Å². The number of carbonyl (C=O) groups is 1. The van der Waals surface area contributed by atoms with E-state index < -0.39 is 17.6 Å². The Morgan fingerprint density at radius 1 is 0.973 bits per heavy atom. The first-order chi connectivity index (χ1) is 17.8. The predicted octanol–water partition coefficient (Wildman–Crippen LogP) is 7.36. The van der Waals surface area contributed by atoms with Crippen LogP contribution in [0.25, 0.3) is 10.8 Å². The van der Waals surface area contributed by atoms with E-state index >= 15 is 0 Å². The van der Waals surface area contributed by atoms with Crippen molar-refractivity contribution in [1.82, 2.24) is 5.43 Å². The van der Waals surface area contributed by atoms with Gasteiger partial charge in [-0.05, 0) is 69.5 Å². The fraction of sp³-hybridized carbons (Fsp3) is 0.143. The van der Waals surface area contributed by atoms with E-state index in [1.165, 1.54) is 18.3 Å². The highest BCUT2D eigenvalue weighted by Gasteiger charge is 2.30. The van der Waals surface area contributed by atoms with Gasteiger partial charge in [-0.2, -0.15) is 18.3 Å². The van der Waals surface area contributed by atoms with E-state index in [2.05, 4.69) is 26.5 Å². The van der Waals surface area contributed by atoms with Crippen molar-refractivity contribution in [1.29, 1.82) is 0 Å². The summed E-state index contributed by atoms with van der Waals surface area (Å²) in [5.41, 5.74) is 2.79. The number of amides is 1. The van der Waals surface area contributed by atoms with E-state index in [0.29, 0.717) is 34.7 Å². The van der Waals surface area contributed by atoms with E-state index in [9.17, 15) is 18.0 Å². The zero-order valence-electron chi connectivity index (χ0n) is 19.7. The molecule has 0 fully saturated rings. The lowest BCUT2D eigenvalue weighted by atomic mass is 10.1. The van der Waals surface area contributed by atoms with Gasteiger partial charge in [-0.25, -0.2) is 5.43 Å². The van der Waals surface area contributed by atoms with Crippen molar-refractivity contribution >= 4 is 38.8 Å². The highest BCUT2D eigenvalue weighted by Crippen LogP contribution is 2.34. The van der Waals surface area contributed by atoms with Gasteiger partial charge in [0.05, 0.1) is 18.4 Å². The van der Waals surface area contributed by atoms with Crippen LogP contribution in [0.5, 0.6) is 11.5 Å². The number of alkyl halides is 3. The number of nitrogens with zero attached hydrogens (tertiary/aromatic N) is 1. The van der Waals surface area contributed by atoms with Crippen molar-refractivity contribution in [3.05, 3.63) is 106 Å². The van der Waals surface area contributed by atoms with E-state index in [1.54, 1.807) is 12.1 Å². The van der Waals surface area contributed by atoms with E-state index in [-0.39, 0.29) is 5.56 Å². The number of hydrogen-bond acceptors (Lipinski definition) is 4. The number of carbonyl (C=O) groups excluding carboxylic acids is 1. The number of hydrogen-bond donors (Lipinski definition) is 1. The van der Waals surface area contributed by atoms with Gasteiger partial charge in [-0.1, -0.05) is 48.5 Å². The third kappa shape index (κ3) is 6.48. The van der Waals surface area contributed by atoms with Gasteiger partial charge in [-0.15, -0.1) is 0 Å². The zero-order valence-corrected chi connectivity index (χ0v) is 21.3. The topological polar surface area (TPSA) is 59.9 Å². The molecule has 1 amide bonds. The summed E-state index contributed by atoms with van der Waals surface area (Å²) in [6.45, 7) is 2.57. The molecule has 0 atom stereocenters. The highest BCUT2D eigenvalue weighted by atomic mass is 79.9. The number of benzene rings is 4. The molecular formula is C28H22BrF3N2O3. The molecule has 0 aromatic heterocycles. The van der Waals surface area contributed by atoms with Crippen molar-refractivity contribution in [3.63, 3.8) is 0 Å². The van der Waals surface area contributed by atoms with Crippen molar-refractivity contribution in [2.45, 2.75) is 19.7 Å². The minimum Gasteiger partial charge on any atom is -0.490 e. The first-order valence-corrected chi connectivity index (χ1v) is 12.1. The maximum absolute atomic E-state index is 12.9. The molecule has 5 nitrogen and oxygen atoms in total. The van der Waals surface area contributed by atoms with Gasteiger partial charge in [0.2, 0.25) is 0 Å². The number of halogens is 4. The molecule has 0 bridgehead atoms. The molecular weight excluding hydrogens is 549 g/mol. The molecule has 0 aliphatic rings. The summed E-state index contributed by atoms with van der Waals surface area (Å²) in [5.74, 6) is 0.238. The van der Waals surface area contributed by atoms with Crippen LogP contribution in [0.3, 0.4) is 0 Å². The van der Waals surface area contributed by atoms with E-state index in [0.717, 1.165) is 28.5 Å². The van der Waals surface area contributed by atoms with Crippen LogP contribution in [-0.4, -0.2) is 18.7 Å². The molecule has 0 aliphatic carbocycles. The summed E-state index contributed by atoms with van der Waals surface area (Å²) in [7, 11) is 0. The fourth-order valence-corrected chi connectivity index (χ4v) is 4.09. The summed E-state index contributed by atoms with van der Waals surface area (Å²) in [4.78, 5) is 12.3. The minimum atomic E-state index is -4.54. The lowest BCUT2D eigenvalue weighted by Gasteiger charge is -2.15. The molecule has 0 saturated heterocycles. The van der Waals surface area contributed by atoms with Gasteiger partial charge in [0.1, 0.15) is 6.61 Å². The Balaban J connectivity index is 1.49. The quantitative estimate of drug-likeness (QED) is 0.178. The molecule has 0 aliphatic heterocycles. The molecule has 0 radical (unpaired) electrons. The van der Waals surface area contributed by atoms with Gasteiger partial charge in [0.25, 0.3) is 5.91 Å². The van der Waals surface area contributed by atoms with Crippen LogP contribution >= 0.6 is 15.9 Å². The zero-order chi connectivity index (χ0) is 26.4. The first kappa shape index (κ1) is 26.2. The molecule has 4 aromatic carbocycles. The maximum atomic E-state index is 12.9. The second-order valence-electron chi connectivity index (χ2n) is 7.96. The van der Waals surface area contributed by atoms with Crippen LogP contribution in [0, 0.1) is 0 Å². The van der Waals surface area contributed by atoms with E-state index in [4.69, 9.17) is 9.47 Å². The van der Waals surface area contributed by atoms with Crippen LogP contribution in [0.15, 0.2) is 88.4 Å². The molecule has 0 heterocycles. The monoisotopic (exact) mass is 570 g/mol. The molecule has 1 N–H and O–H groups in total. The largest absolute Gasteiger partial charge is 0.490 e. The van der Waals surface area contributed by atoms with Crippen molar-refractivity contribution in [2.75, 3.05) is 6.61 Å². The van der Waals surface area contributed by atoms with Gasteiger partial charge in [0, 0.05) is 15.6 Å². The Hall–Kier alpha value is -3.85. The van der Waals surface area contributed by atoms with Crippen LogP contribution < -0.4 is 14.9 Å². The van der Waals surface area contributed by atoms with Crippen LogP contribution in [-0.2, 0) is 12.8 Å². The molecule has 0 saturated carbocycles. The third-order valence-electron chi connectivity index (χ3n) is 5.45. The van der Waals surface area contributed by atoms with E-state index in [1.807, 2.05) is 49.4 Å². The molecule has 0 spiro atoms. The molecule has 0 unspecified atom stereocenters. The Labute approximate surface area is 220 Å². The summed E-state index contributed by atoms with van der Waals surface area (Å²) in [6, 6.07) is 21.6. The smallest absolute Gasteiger partial charge is 0.416 e. The van der Waals surface area contributed by atoms with Crippen LogP contribution in [0.4, 0.5) is 13.2 Å². The van der Waals surface area contributed by atoms with Gasteiger partial charge in [-0.3, -0.25) is 4.79 Å². The Morgan fingerprint density at radius 2 is 1.70 bits per heavy atom. The Bertz CT molecular complexity index is 1450. The second kappa shape index (κ2) is 11.5. The van der Waals surface area contributed by atoms with Crippen LogP contribution in [0.2, 0.25) is 0 Å². The standard InChI is InChI=1S/C28H22BrF3N2O3/c1-2-36-25-14-21(16-33-34-27(35)19-9-6-11-22(13-19)28(30,31)32)24(29)15-26(25)37-17-20-10-5-8-18-7-3-4-12-23(18)20/h3-16H,2,17H2,1H3,(H,34,35)/b33-16-. The number of hydrazone groups is 1. The lowest BCUT2D eigenvalue weighted by Crippen LogP contribution is -2.18. The Morgan fingerprint density at radius 3 is 2.49 bits per heavy atom. The van der Waals surface area contributed by atoms with Gasteiger partial charge in [0.15, 0.2) is 11.5 Å². The summed E-state index contributed by atoms with van der Waals surface area (Å²) < 4.78 is 51.2. The fourth-order valence-electron chi connectivity index (χ4n) is 3.67. The Kier molecular flexibility index (Phi) is 8.13. The SMILES string of the molecule is CCOc1cc(/C=N\NC(=O)c2cccc(C(F)(F)F)c2)c(Br)cc1OCc1cccc2ccccc12. The lowest BCUT2D eigenvalue weighted by molar-refractivity contribution is -0.137. The average molecular weight is 571 g/mol. The molecule has 190 valence electrons. The first-order valence-electron chi connectivity index (χ1n) is 11.3. The van der Waals surface area contributed by atoms with Crippen LogP contribution in [0.1, 0.15) is 34.0 Å². The van der Waals surface area contributed by atoms with Crippen molar-refractivity contribution < 1.29 is 27.4 Å². The normalized spacial score (nSPS) is 11.6.